The third-order valence-electron chi connectivity index (χ3n) is 3.33. The Morgan fingerprint density at radius 1 is 1.15 bits per heavy atom. The molecule has 0 unspecified atom stereocenters. The number of nitrogens with two attached hydrogens (primary N) is 1. The summed E-state index contributed by atoms with van der Waals surface area (Å²) in [6.07, 6.45) is -3.11. The number of amides is 2. The molecule has 0 aromatic heterocycles. The van der Waals surface area contributed by atoms with E-state index in [1.807, 2.05) is 0 Å². The van der Waals surface area contributed by atoms with Crippen molar-refractivity contribution >= 4 is 29.5 Å². The van der Waals surface area contributed by atoms with Gasteiger partial charge in [0.05, 0.1) is 12.5 Å². The van der Waals surface area contributed by atoms with Crippen molar-refractivity contribution in [3.8, 4) is 0 Å². The lowest BCUT2D eigenvalue weighted by Gasteiger charge is -2.32. The highest BCUT2D eigenvalue weighted by Gasteiger charge is 2.40. The Hall–Kier alpha value is -2.49. The average molecular weight is 388 g/mol. The molecule has 10 heteroatoms. The van der Waals surface area contributed by atoms with E-state index < -0.39 is 53.6 Å². The van der Waals surface area contributed by atoms with E-state index in [-0.39, 0.29) is 26.0 Å². The number of ketones is 1. The number of aliphatic hydroxyl groups excluding tert-OH is 1. The number of carbonyl (C=O) groups is 5. The van der Waals surface area contributed by atoms with Crippen LogP contribution in [0.5, 0.6) is 0 Å². The van der Waals surface area contributed by atoms with Gasteiger partial charge in [0.2, 0.25) is 5.91 Å². The number of ether oxygens (including phenoxy) is 2. The highest BCUT2D eigenvalue weighted by molar-refractivity contribution is 5.95. The molecule has 0 bridgehead atoms. The second-order valence-corrected chi connectivity index (χ2v) is 6.96. The molecular formula is C17H28N2O8. The van der Waals surface area contributed by atoms with Gasteiger partial charge in [-0.15, -0.1) is 0 Å². The smallest absolute Gasteiger partial charge is 0.314 e. The third kappa shape index (κ3) is 11.0. The minimum Gasteiger partial charge on any atom is -0.465 e. The average Bonchev–Trinajstić information content (AvgIpc) is 2.48. The molecule has 2 atom stereocenters. The van der Waals surface area contributed by atoms with Crippen LogP contribution in [0.2, 0.25) is 0 Å². The Bertz CT molecular complexity index is 571. The summed E-state index contributed by atoms with van der Waals surface area (Å²) in [4.78, 5) is 57.7. The molecule has 0 spiro atoms. The summed E-state index contributed by atoms with van der Waals surface area (Å²) >= 11 is 0. The molecule has 2 amide bonds. The van der Waals surface area contributed by atoms with Crippen LogP contribution < -0.4 is 11.1 Å². The topological polar surface area (TPSA) is 162 Å². The molecule has 0 aromatic carbocycles. The standard InChI is InChI=1S/C17H28N2O8/c1-10(20)7-13(23)26-9-17(3,4)15(27-14(24)8-11(2)21)16(25)19-6-5-12(18)22/h10,15,20H,5-9H2,1-4H3,(H2,18,22)(H,19,25)/t10-,15+/m1/s1. The lowest BCUT2D eigenvalue weighted by molar-refractivity contribution is -0.169. The van der Waals surface area contributed by atoms with Gasteiger partial charge in [-0.3, -0.25) is 24.0 Å². The number of nitrogens with one attached hydrogen (secondary N) is 1. The van der Waals surface area contributed by atoms with E-state index in [4.69, 9.17) is 15.2 Å². The molecule has 0 radical (unpaired) electrons. The molecule has 0 aliphatic heterocycles. The van der Waals surface area contributed by atoms with Gasteiger partial charge in [-0.2, -0.15) is 0 Å². The Morgan fingerprint density at radius 2 is 1.74 bits per heavy atom. The summed E-state index contributed by atoms with van der Waals surface area (Å²) < 4.78 is 10.2. The van der Waals surface area contributed by atoms with Crippen LogP contribution in [0.3, 0.4) is 0 Å². The Kier molecular flexibility index (Phi) is 10.2. The van der Waals surface area contributed by atoms with E-state index in [0.717, 1.165) is 0 Å². The lowest BCUT2D eigenvalue weighted by Crippen LogP contribution is -2.49. The van der Waals surface area contributed by atoms with E-state index in [9.17, 15) is 29.1 Å². The van der Waals surface area contributed by atoms with Crippen LogP contribution in [0.4, 0.5) is 0 Å². The molecule has 0 saturated carbocycles. The van der Waals surface area contributed by atoms with Crippen molar-refractivity contribution in [2.24, 2.45) is 11.1 Å². The monoisotopic (exact) mass is 388 g/mol. The van der Waals surface area contributed by atoms with E-state index in [1.165, 1.54) is 27.7 Å². The molecule has 154 valence electrons. The van der Waals surface area contributed by atoms with Crippen molar-refractivity contribution in [1.29, 1.82) is 0 Å². The van der Waals surface area contributed by atoms with Crippen molar-refractivity contribution in [3.05, 3.63) is 0 Å². The van der Waals surface area contributed by atoms with Crippen molar-refractivity contribution in [3.63, 3.8) is 0 Å². The Labute approximate surface area is 157 Å². The number of aliphatic hydroxyl groups is 1. The quantitative estimate of drug-likeness (QED) is 0.289. The zero-order chi connectivity index (χ0) is 21.2. The summed E-state index contributed by atoms with van der Waals surface area (Å²) in [6, 6.07) is 0. The highest BCUT2D eigenvalue weighted by atomic mass is 16.6. The summed E-state index contributed by atoms with van der Waals surface area (Å²) in [7, 11) is 0. The minimum atomic E-state index is -1.38. The fourth-order valence-electron chi connectivity index (χ4n) is 1.99. The first-order valence-corrected chi connectivity index (χ1v) is 8.43. The maximum Gasteiger partial charge on any atom is 0.314 e. The molecule has 0 rings (SSSR count). The largest absolute Gasteiger partial charge is 0.465 e. The fourth-order valence-corrected chi connectivity index (χ4v) is 1.99. The highest BCUT2D eigenvalue weighted by Crippen LogP contribution is 2.25. The van der Waals surface area contributed by atoms with Crippen molar-refractivity contribution in [2.45, 2.75) is 59.2 Å². The molecule has 0 heterocycles. The maximum absolute atomic E-state index is 12.4. The number of primary amides is 1. The Morgan fingerprint density at radius 3 is 2.22 bits per heavy atom. The van der Waals surface area contributed by atoms with Crippen LogP contribution in [0, 0.1) is 5.41 Å². The molecule has 0 fully saturated rings. The van der Waals surface area contributed by atoms with Gasteiger partial charge in [-0.1, -0.05) is 13.8 Å². The van der Waals surface area contributed by atoms with Crippen molar-refractivity contribution in [1.82, 2.24) is 5.32 Å². The molecule has 0 aliphatic carbocycles. The molecular weight excluding hydrogens is 360 g/mol. The zero-order valence-electron chi connectivity index (χ0n) is 16.1. The van der Waals surface area contributed by atoms with Crippen LogP contribution in [0.15, 0.2) is 0 Å². The van der Waals surface area contributed by atoms with E-state index in [2.05, 4.69) is 5.32 Å². The van der Waals surface area contributed by atoms with E-state index in [1.54, 1.807) is 0 Å². The van der Waals surface area contributed by atoms with Gasteiger partial charge < -0.3 is 25.6 Å². The normalized spacial score (nSPS) is 13.2. The van der Waals surface area contributed by atoms with Gasteiger partial charge >= 0.3 is 11.9 Å². The third-order valence-corrected chi connectivity index (χ3v) is 3.33. The van der Waals surface area contributed by atoms with Crippen LogP contribution in [-0.2, 0) is 33.4 Å². The molecule has 0 saturated heterocycles. The van der Waals surface area contributed by atoms with Crippen LogP contribution in [0.1, 0.15) is 47.0 Å². The van der Waals surface area contributed by atoms with Crippen LogP contribution >= 0.6 is 0 Å². The van der Waals surface area contributed by atoms with Crippen molar-refractivity contribution < 1.29 is 38.6 Å². The van der Waals surface area contributed by atoms with Crippen LogP contribution in [0.25, 0.3) is 0 Å². The molecule has 0 aromatic rings. The molecule has 0 aliphatic rings. The molecule has 4 N–H and O–H groups in total. The van der Waals surface area contributed by atoms with E-state index in [0.29, 0.717) is 0 Å². The summed E-state index contributed by atoms with van der Waals surface area (Å²) in [5, 5.41) is 11.6. The van der Waals surface area contributed by atoms with Gasteiger partial charge in [0.1, 0.15) is 18.8 Å². The summed E-state index contributed by atoms with van der Waals surface area (Å²) in [5.41, 5.74) is 3.86. The van der Waals surface area contributed by atoms with Gasteiger partial charge in [0.15, 0.2) is 6.10 Å². The van der Waals surface area contributed by atoms with Crippen LogP contribution in [-0.4, -0.2) is 60.0 Å². The molecule has 27 heavy (non-hydrogen) atoms. The zero-order valence-corrected chi connectivity index (χ0v) is 16.1. The second-order valence-electron chi connectivity index (χ2n) is 6.96. The minimum absolute atomic E-state index is 0.0627. The SMILES string of the molecule is CC(=O)CC(=O)O[C@@H](C(=O)NCCC(N)=O)C(C)(C)COC(=O)C[C@@H](C)O. The lowest BCUT2D eigenvalue weighted by atomic mass is 9.86. The van der Waals surface area contributed by atoms with Gasteiger partial charge in [0, 0.05) is 18.4 Å². The predicted octanol–water partition coefficient (Wildman–Crippen LogP) is -0.791. The van der Waals surface area contributed by atoms with Gasteiger partial charge in [-0.25, -0.2) is 0 Å². The van der Waals surface area contributed by atoms with Gasteiger partial charge in [0.25, 0.3) is 5.91 Å². The van der Waals surface area contributed by atoms with Crippen molar-refractivity contribution in [2.75, 3.05) is 13.2 Å². The summed E-state index contributed by atoms with van der Waals surface area (Å²) in [5.74, 6) is -3.35. The number of esters is 2. The maximum atomic E-state index is 12.4. The fraction of sp³-hybridized carbons (Fsp3) is 0.706. The second kappa shape index (κ2) is 11.3. The number of hydrogen-bond donors (Lipinski definition) is 3. The predicted molar refractivity (Wildman–Crippen MR) is 93.0 cm³/mol. The summed E-state index contributed by atoms with van der Waals surface area (Å²) in [6.45, 7) is 5.34. The molecule has 10 nitrogen and oxygen atoms in total. The van der Waals surface area contributed by atoms with Gasteiger partial charge in [-0.05, 0) is 13.8 Å². The first-order valence-electron chi connectivity index (χ1n) is 8.43. The number of rotatable bonds is 12. The number of hydrogen-bond acceptors (Lipinski definition) is 8. The first-order chi connectivity index (χ1) is 12.3. The number of carbonyl (C=O) groups excluding carboxylic acids is 5. The first kappa shape index (κ1) is 24.5. The number of Topliss-reactive ketones (excluding diaryl/α,β-unsaturated/α-hetero) is 1. The Balaban J connectivity index is 5.13. The van der Waals surface area contributed by atoms with E-state index >= 15 is 0 Å².